The number of aromatic nitrogens is 1. The summed E-state index contributed by atoms with van der Waals surface area (Å²) in [6, 6.07) is 50.8. The number of nitrogens with zero attached hydrogens (tertiary/aromatic N) is 4. The molecule has 0 saturated heterocycles. The Labute approximate surface area is 422 Å². The number of pyridine rings is 1. The first-order valence-electron chi connectivity index (χ1n) is 23.7. The molecule has 0 bridgehead atoms. The van der Waals surface area contributed by atoms with Gasteiger partial charge in [0.1, 0.15) is 24.3 Å². The largest absolute Gasteiger partial charge is 0.485 e. The van der Waals surface area contributed by atoms with Crippen molar-refractivity contribution >= 4 is 11.8 Å². The lowest BCUT2D eigenvalue weighted by atomic mass is 9.78. The highest BCUT2D eigenvalue weighted by Gasteiger charge is 2.56. The van der Waals surface area contributed by atoms with Crippen LogP contribution >= 0.6 is 0 Å². The number of nitriles is 1. The Morgan fingerprint density at radius 3 is 1.75 bits per heavy atom. The van der Waals surface area contributed by atoms with Gasteiger partial charge in [-0.15, -0.1) is 0 Å². The third-order valence-electron chi connectivity index (χ3n) is 12.4. The number of carbonyl (C=O) groups excluding carboxylic acids is 1. The average Bonchev–Trinajstić information content (AvgIpc) is 3.88. The number of methoxy groups -OCH3 is 1. The van der Waals surface area contributed by atoms with Crippen LogP contribution in [0.3, 0.4) is 0 Å². The number of hydrogen-bond donors (Lipinski definition) is 0. The van der Waals surface area contributed by atoms with Crippen molar-refractivity contribution in [2.45, 2.75) is 63.2 Å². The number of aliphatic imine (C=N–C) groups is 1. The summed E-state index contributed by atoms with van der Waals surface area (Å²) in [7, 11) is 3.06. The van der Waals surface area contributed by atoms with E-state index in [2.05, 4.69) is 16.0 Å². The first kappa shape index (κ1) is 49.8. The lowest BCUT2D eigenvalue weighted by Crippen LogP contribution is -2.61. The van der Waals surface area contributed by atoms with Gasteiger partial charge in [0, 0.05) is 38.1 Å². The van der Waals surface area contributed by atoms with Crippen LogP contribution < -0.4 is 18.9 Å². The van der Waals surface area contributed by atoms with E-state index in [4.69, 9.17) is 37.9 Å². The zero-order valence-corrected chi connectivity index (χ0v) is 40.2. The Hall–Kier alpha value is -8.16. The minimum atomic E-state index is -2.20. The minimum Gasteiger partial charge on any atom is -0.485 e. The maximum Gasteiger partial charge on any atom is 0.350 e. The van der Waals surface area contributed by atoms with Crippen LogP contribution in [0.25, 0.3) is 0 Å². The van der Waals surface area contributed by atoms with E-state index < -0.39 is 59.0 Å². The molecule has 0 N–H and O–H groups in total. The maximum atomic E-state index is 17.7. The minimum absolute atomic E-state index is 0.0744. The topological polar surface area (TPSA) is 143 Å². The molecule has 0 radical (unpaired) electrons. The third-order valence-corrected chi connectivity index (χ3v) is 12.4. The van der Waals surface area contributed by atoms with Gasteiger partial charge in [0.05, 0.1) is 57.3 Å². The molecule has 0 spiro atoms. The SMILES string of the molecule is COC(=O)C1(Oc2c(F)c(Oc3cccc(C4=NCCN4C)c3)nc(Oc3cc(C#N)ccc3OCc3ccccc3)c2F)CC(OCc2ccccc2)C(OCc2ccccc2)C(OCc2ccccc2)C1. The molecule has 2 heterocycles. The van der Waals surface area contributed by atoms with Crippen molar-refractivity contribution in [3.63, 3.8) is 0 Å². The van der Waals surface area contributed by atoms with Crippen LogP contribution in [0.5, 0.6) is 34.8 Å². The first-order valence-corrected chi connectivity index (χ1v) is 23.7. The fraction of sp³-hybridized carbons (Fsp3) is 0.241. The molecule has 1 aliphatic carbocycles. The lowest BCUT2D eigenvalue weighted by Gasteiger charge is -2.46. The second-order valence-corrected chi connectivity index (χ2v) is 17.5. The number of benzene rings is 6. The van der Waals surface area contributed by atoms with E-state index in [9.17, 15) is 10.1 Å². The standard InChI is InChI=1S/C58H52F2N4O9/c1-64-29-28-62-54(64)44-24-15-25-45(31-44)71-55-50(59)53(51(60)56(63-55)72-47-30-43(34-61)26-27-46(47)67-35-39-16-7-3-8-17-39)73-58(57(65)66-2)32-48(68-36-40-18-9-4-10-19-40)52(70-38-42-22-13-6-14-23-42)49(33-58)69-37-41-20-11-5-12-21-41/h3-27,30-31,48-49,52H,28-29,32-33,35-38H2,1-2H3. The molecule has 1 fully saturated rings. The number of rotatable bonds is 20. The Kier molecular flexibility index (Phi) is 16.0. The Balaban J connectivity index is 1.14. The third kappa shape index (κ3) is 12.1. The molecule has 13 nitrogen and oxygen atoms in total. The van der Waals surface area contributed by atoms with Crippen molar-refractivity contribution in [2.24, 2.45) is 4.99 Å². The van der Waals surface area contributed by atoms with Crippen molar-refractivity contribution in [1.82, 2.24) is 9.88 Å². The van der Waals surface area contributed by atoms with Gasteiger partial charge in [-0.05, 0) is 46.5 Å². The molecular formula is C58H52F2N4O9. The molecule has 1 aromatic heterocycles. The second-order valence-electron chi connectivity index (χ2n) is 17.5. The van der Waals surface area contributed by atoms with Gasteiger partial charge in [0.2, 0.25) is 23.0 Å². The highest BCUT2D eigenvalue weighted by atomic mass is 19.1. The summed E-state index contributed by atoms with van der Waals surface area (Å²) < 4.78 is 85.7. The van der Waals surface area contributed by atoms with Crippen LogP contribution in [-0.4, -0.2) is 72.8 Å². The molecule has 372 valence electrons. The van der Waals surface area contributed by atoms with E-state index in [1.807, 2.05) is 139 Å². The quantitative estimate of drug-likeness (QED) is 0.0671. The number of carbonyl (C=O) groups is 1. The highest BCUT2D eigenvalue weighted by molar-refractivity contribution is 5.99. The van der Waals surface area contributed by atoms with Crippen LogP contribution in [0.1, 0.15) is 46.2 Å². The first-order chi connectivity index (χ1) is 35.7. The summed E-state index contributed by atoms with van der Waals surface area (Å²) in [5.41, 5.74) is 1.96. The molecule has 1 aliphatic heterocycles. The van der Waals surface area contributed by atoms with Gasteiger partial charge in [-0.2, -0.15) is 19.0 Å². The van der Waals surface area contributed by atoms with Gasteiger partial charge in [0.25, 0.3) is 11.8 Å². The van der Waals surface area contributed by atoms with Crippen molar-refractivity contribution < 1.29 is 51.5 Å². The van der Waals surface area contributed by atoms with Gasteiger partial charge in [0.15, 0.2) is 11.5 Å². The van der Waals surface area contributed by atoms with Crippen LogP contribution in [0, 0.1) is 23.0 Å². The fourth-order valence-corrected chi connectivity index (χ4v) is 8.70. The normalized spacial score (nSPS) is 18.3. The zero-order valence-electron chi connectivity index (χ0n) is 40.2. The number of likely N-dealkylation sites (N-methyl/N-ethyl adjacent to an activating group) is 1. The predicted octanol–water partition coefficient (Wildman–Crippen LogP) is 10.9. The Bertz CT molecular complexity index is 3000. The van der Waals surface area contributed by atoms with Crippen molar-refractivity contribution in [1.29, 1.82) is 5.26 Å². The van der Waals surface area contributed by atoms with E-state index in [1.165, 1.54) is 18.2 Å². The molecule has 1 saturated carbocycles. The van der Waals surface area contributed by atoms with E-state index in [-0.39, 0.29) is 62.1 Å². The Morgan fingerprint density at radius 1 is 0.671 bits per heavy atom. The summed E-state index contributed by atoms with van der Waals surface area (Å²) in [4.78, 5) is 25.4. The number of amidine groups is 1. The van der Waals surface area contributed by atoms with Gasteiger partial charge >= 0.3 is 5.97 Å². The number of hydrogen-bond acceptors (Lipinski definition) is 13. The summed E-state index contributed by atoms with van der Waals surface area (Å²) in [6.07, 6.45) is -3.45. The second kappa shape index (κ2) is 23.4. The molecule has 2 atom stereocenters. The zero-order chi connectivity index (χ0) is 50.6. The van der Waals surface area contributed by atoms with Crippen molar-refractivity contribution in [3.05, 3.63) is 209 Å². The average molecular weight is 987 g/mol. The molecule has 2 aliphatic rings. The van der Waals surface area contributed by atoms with Gasteiger partial charge in [-0.1, -0.05) is 133 Å². The molecule has 7 aromatic rings. The Morgan fingerprint density at radius 2 is 1.22 bits per heavy atom. The summed E-state index contributed by atoms with van der Waals surface area (Å²) >= 11 is 0. The van der Waals surface area contributed by atoms with Crippen molar-refractivity contribution in [3.8, 4) is 40.8 Å². The van der Waals surface area contributed by atoms with Crippen LogP contribution in [-0.2, 0) is 50.2 Å². The molecule has 9 rings (SSSR count). The molecule has 73 heavy (non-hydrogen) atoms. The van der Waals surface area contributed by atoms with Crippen LogP contribution in [0.15, 0.2) is 169 Å². The molecule has 2 unspecified atom stereocenters. The smallest absolute Gasteiger partial charge is 0.350 e. The van der Waals surface area contributed by atoms with Gasteiger partial charge in [-0.3, -0.25) is 4.99 Å². The monoisotopic (exact) mass is 986 g/mol. The van der Waals surface area contributed by atoms with Gasteiger partial charge in [-0.25, -0.2) is 4.79 Å². The highest BCUT2D eigenvalue weighted by Crippen LogP contribution is 2.45. The van der Waals surface area contributed by atoms with Crippen LogP contribution in [0.2, 0.25) is 0 Å². The van der Waals surface area contributed by atoms with E-state index >= 15 is 8.78 Å². The lowest BCUT2D eigenvalue weighted by molar-refractivity contribution is -0.215. The number of halogens is 2. The predicted molar refractivity (Wildman–Crippen MR) is 266 cm³/mol. The molecular weight excluding hydrogens is 935 g/mol. The summed E-state index contributed by atoms with van der Waals surface area (Å²) in [6.45, 7) is 1.68. The molecule has 6 aromatic carbocycles. The summed E-state index contributed by atoms with van der Waals surface area (Å²) in [5.74, 6) is -5.66. The molecule has 15 heteroatoms. The van der Waals surface area contributed by atoms with Crippen LogP contribution in [0.4, 0.5) is 8.78 Å². The van der Waals surface area contributed by atoms with Crippen molar-refractivity contribution in [2.75, 3.05) is 27.2 Å². The van der Waals surface area contributed by atoms with Gasteiger partial charge < -0.3 is 42.8 Å². The number of esters is 1. The van der Waals surface area contributed by atoms with E-state index in [0.717, 1.165) is 29.4 Å². The van der Waals surface area contributed by atoms with E-state index in [1.54, 1.807) is 18.2 Å². The maximum absolute atomic E-state index is 17.7. The molecule has 0 amide bonds. The van der Waals surface area contributed by atoms with E-state index in [0.29, 0.717) is 24.5 Å². The number of ether oxygens (including phenoxy) is 8. The fourth-order valence-electron chi connectivity index (χ4n) is 8.70. The summed E-state index contributed by atoms with van der Waals surface area (Å²) in [5, 5.41) is 9.92.